The zero-order valence-corrected chi connectivity index (χ0v) is 10.1. The van der Waals surface area contributed by atoms with Crippen LogP contribution < -0.4 is 0 Å². The number of hydrogen-bond acceptors (Lipinski definition) is 2. The Hall–Kier alpha value is -1.31. The van der Waals surface area contributed by atoms with E-state index in [1.54, 1.807) is 6.07 Å². The number of benzene rings is 1. The first-order valence-electron chi connectivity index (χ1n) is 5.77. The normalized spacial score (nSPS) is 16.2. The van der Waals surface area contributed by atoms with E-state index in [1.807, 2.05) is 12.1 Å². The highest BCUT2D eigenvalue weighted by Crippen LogP contribution is 2.36. The van der Waals surface area contributed by atoms with Gasteiger partial charge in [-0.1, -0.05) is 26.8 Å². The van der Waals surface area contributed by atoms with Crippen molar-refractivity contribution < 1.29 is 9.90 Å². The fourth-order valence-electron chi connectivity index (χ4n) is 1.77. The van der Waals surface area contributed by atoms with Crippen molar-refractivity contribution >= 4 is 5.78 Å². The van der Waals surface area contributed by atoms with E-state index in [2.05, 4.69) is 20.8 Å². The minimum absolute atomic E-state index is 0.00623. The number of ketones is 1. The molecule has 1 N–H and O–H groups in total. The van der Waals surface area contributed by atoms with Gasteiger partial charge in [-0.15, -0.1) is 0 Å². The molecule has 1 fully saturated rings. The predicted molar refractivity (Wildman–Crippen MR) is 63.9 cm³/mol. The Balaban J connectivity index is 2.40. The van der Waals surface area contributed by atoms with Gasteiger partial charge >= 0.3 is 0 Å². The average Bonchev–Trinajstić information content (AvgIpc) is 2.98. The number of carbonyl (C=O) groups is 1. The second kappa shape index (κ2) is 3.62. The Kier molecular flexibility index (Phi) is 2.53. The molecule has 0 radical (unpaired) electrons. The number of Topliss-reactive ketones (excluding diaryl/α,β-unsaturated/α-hetero) is 1. The molecule has 0 heterocycles. The van der Waals surface area contributed by atoms with Crippen LogP contribution >= 0.6 is 0 Å². The zero-order chi connectivity index (χ0) is 11.9. The van der Waals surface area contributed by atoms with Crippen molar-refractivity contribution in [3.63, 3.8) is 0 Å². The second-order valence-electron chi connectivity index (χ2n) is 5.62. The summed E-state index contributed by atoms with van der Waals surface area (Å²) in [7, 11) is 0. The fraction of sp³-hybridized carbons (Fsp3) is 0.500. The summed E-state index contributed by atoms with van der Waals surface area (Å²) < 4.78 is 0. The molecule has 0 unspecified atom stereocenters. The molecule has 16 heavy (non-hydrogen) atoms. The maximum Gasteiger partial charge on any atom is 0.169 e. The fourth-order valence-corrected chi connectivity index (χ4v) is 1.77. The summed E-state index contributed by atoms with van der Waals surface area (Å²) in [6.07, 6.45) is 1.94. The lowest BCUT2D eigenvalue weighted by atomic mass is 9.85. The third kappa shape index (κ3) is 2.11. The highest BCUT2D eigenvalue weighted by Gasteiger charge is 2.32. The van der Waals surface area contributed by atoms with Crippen molar-refractivity contribution in [2.24, 2.45) is 5.92 Å². The first-order chi connectivity index (χ1) is 7.39. The highest BCUT2D eigenvalue weighted by atomic mass is 16.3. The number of carbonyl (C=O) groups excluding carboxylic acids is 1. The first kappa shape index (κ1) is 11.2. The van der Waals surface area contributed by atoms with Crippen molar-refractivity contribution in [1.29, 1.82) is 0 Å². The molecule has 1 aromatic rings. The SMILES string of the molecule is CC(C)(C)c1ccc(O)c(C(=O)C2CC2)c1. The van der Waals surface area contributed by atoms with Crippen LogP contribution in [0.15, 0.2) is 18.2 Å². The number of phenolic OH excluding ortho intramolecular Hbond substituents is 1. The topological polar surface area (TPSA) is 37.3 Å². The van der Waals surface area contributed by atoms with Crippen LogP contribution in [0.25, 0.3) is 0 Å². The molecule has 0 aromatic heterocycles. The molecule has 86 valence electrons. The summed E-state index contributed by atoms with van der Waals surface area (Å²) in [6.45, 7) is 6.31. The average molecular weight is 218 g/mol. The summed E-state index contributed by atoms with van der Waals surface area (Å²) >= 11 is 0. The third-order valence-corrected chi connectivity index (χ3v) is 3.08. The monoisotopic (exact) mass is 218 g/mol. The van der Waals surface area contributed by atoms with E-state index in [9.17, 15) is 9.90 Å². The van der Waals surface area contributed by atoms with Gasteiger partial charge in [-0.05, 0) is 36.0 Å². The Morgan fingerprint density at radius 1 is 1.31 bits per heavy atom. The van der Waals surface area contributed by atoms with E-state index in [0.29, 0.717) is 5.56 Å². The van der Waals surface area contributed by atoms with E-state index >= 15 is 0 Å². The minimum atomic E-state index is 0.00623. The first-order valence-corrected chi connectivity index (χ1v) is 5.77. The summed E-state index contributed by atoms with van der Waals surface area (Å²) in [5.74, 6) is 0.370. The van der Waals surface area contributed by atoms with Crippen LogP contribution in [0.5, 0.6) is 5.75 Å². The van der Waals surface area contributed by atoms with Crippen molar-refractivity contribution in [2.45, 2.75) is 39.0 Å². The molecule has 1 aliphatic rings. The van der Waals surface area contributed by atoms with Gasteiger partial charge in [0, 0.05) is 5.92 Å². The molecule has 2 heteroatoms. The van der Waals surface area contributed by atoms with E-state index in [0.717, 1.165) is 18.4 Å². The Morgan fingerprint density at radius 3 is 2.44 bits per heavy atom. The maximum atomic E-state index is 11.9. The summed E-state index contributed by atoms with van der Waals surface area (Å²) in [5, 5.41) is 9.73. The third-order valence-electron chi connectivity index (χ3n) is 3.08. The lowest BCUT2D eigenvalue weighted by Crippen LogP contribution is -2.12. The van der Waals surface area contributed by atoms with Crippen molar-refractivity contribution in [1.82, 2.24) is 0 Å². The molecule has 0 saturated heterocycles. The number of hydrogen-bond donors (Lipinski definition) is 1. The smallest absolute Gasteiger partial charge is 0.169 e. The van der Waals surface area contributed by atoms with Gasteiger partial charge in [0.1, 0.15) is 5.75 Å². The van der Waals surface area contributed by atoms with Gasteiger partial charge in [-0.2, -0.15) is 0 Å². The van der Waals surface area contributed by atoms with Gasteiger partial charge in [0.05, 0.1) is 5.56 Å². The van der Waals surface area contributed by atoms with Crippen molar-refractivity contribution in [3.8, 4) is 5.75 Å². The Bertz CT molecular complexity index is 423. The molecule has 0 aliphatic heterocycles. The largest absolute Gasteiger partial charge is 0.507 e. The quantitative estimate of drug-likeness (QED) is 0.773. The molecule has 1 aliphatic carbocycles. The van der Waals surface area contributed by atoms with Gasteiger partial charge in [-0.25, -0.2) is 0 Å². The molecule has 0 bridgehead atoms. The minimum Gasteiger partial charge on any atom is -0.507 e. The lowest BCUT2D eigenvalue weighted by Gasteiger charge is -2.20. The molecular weight excluding hydrogens is 200 g/mol. The summed E-state index contributed by atoms with van der Waals surface area (Å²) in [4.78, 5) is 11.9. The second-order valence-corrected chi connectivity index (χ2v) is 5.62. The van der Waals surface area contributed by atoms with Crippen LogP contribution in [-0.2, 0) is 5.41 Å². The van der Waals surface area contributed by atoms with E-state index in [-0.39, 0.29) is 22.9 Å². The van der Waals surface area contributed by atoms with Gasteiger partial charge < -0.3 is 5.11 Å². The van der Waals surface area contributed by atoms with Gasteiger partial charge in [-0.3, -0.25) is 4.79 Å². The lowest BCUT2D eigenvalue weighted by molar-refractivity contribution is 0.0965. The van der Waals surface area contributed by atoms with Crippen LogP contribution in [-0.4, -0.2) is 10.9 Å². The predicted octanol–water partition coefficient (Wildman–Crippen LogP) is 3.28. The molecule has 1 aromatic carbocycles. The molecule has 2 rings (SSSR count). The molecule has 1 saturated carbocycles. The summed E-state index contributed by atoms with van der Waals surface area (Å²) in [6, 6.07) is 5.37. The molecule has 2 nitrogen and oxygen atoms in total. The van der Waals surface area contributed by atoms with Gasteiger partial charge in [0.15, 0.2) is 5.78 Å². The van der Waals surface area contributed by atoms with Gasteiger partial charge in [0.25, 0.3) is 0 Å². The highest BCUT2D eigenvalue weighted by molar-refractivity contribution is 6.01. The maximum absolute atomic E-state index is 11.9. The van der Waals surface area contributed by atoms with Crippen molar-refractivity contribution in [3.05, 3.63) is 29.3 Å². The number of aromatic hydroxyl groups is 1. The number of rotatable bonds is 2. The van der Waals surface area contributed by atoms with Crippen LogP contribution in [0.2, 0.25) is 0 Å². The Labute approximate surface area is 96.3 Å². The van der Waals surface area contributed by atoms with E-state index < -0.39 is 0 Å². The van der Waals surface area contributed by atoms with Crippen LogP contribution in [0.1, 0.15) is 49.5 Å². The van der Waals surface area contributed by atoms with Crippen LogP contribution in [0.3, 0.4) is 0 Å². The standard InChI is InChI=1S/C14H18O2/c1-14(2,3)10-6-7-12(15)11(8-10)13(16)9-4-5-9/h6-9,15H,4-5H2,1-3H3. The van der Waals surface area contributed by atoms with Crippen LogP contribution in [0.4, 0.5) is 0 Å². The molecule has 0 atom stereocenters. The van der Waals surface area contributed by atoms with Crippen molar-refractivity contribution in [2.75, 3.05) is 0 Å². The molecule has 0 spiro atoms. The van der Waals surface area contributed by atoms with E-state index in [1.165, 1.54) is 0 Å². The van der Waals surface area contributed by atoms with Crippen LogP contribution in [0, 0.1) is 5.92 Å². The molecular formula is C14H18O2. The van der Waals surface area contributed by atoms with Gasteiger partial charge in [0.2, 0.25) is 0 Å². The zero-order valence-electron chi connectivity index (χ0n) is 10.1. The molecule has 0 amide bonds. The number of phenols is 1. The Morgan fingerprint density at radius 2 is 1.94 bits per heavy atom. The van der Waals surface area contributed by atoms with E-state index in [4.69, 9.17) is 0 Å². The summed E-state index contributed by atoms with van der Waals surface area (Å²) in [5.41, 5.74) is 1.59.